The summed E-state index contributed by atoms with van der Waals surface area (Å²) in [6.45, 7) is 3.27. The molecule has 1 fully saturated rings. The van der Waals surface area contributed by atoms with E-state index < -0.39 is 30.2 Å². The van der Waals surface area contributed by atoms with Crippen molar-refractivity contribution in [2.45, 2.75) is 83.6 Å². The number of benzene rings is 1. The molecule has 220 valence electrons. The number of nitrogens with one attached hydrogen (secondary N) is 1. The lowest BCUT2D eigenvalue weighted by molar-refractivity contribution is -0.172. The van der Waals surface area contributed by atoms with E-state index in [-0.39, 0.29) is 48.1 Å². The molecular weight excluding hydrogens is 542 g/mol. The summed E-state index contributed by atoms with van der Waals surface area (Å²) in [7, 11) is 0. The first-order valence-electron chi connectivity index (χ1n) is 14.5. The van der Waals surface area contributed by atoms with Crippen molar-refractivity contribution >= 4 is 28.9 Å². The Morgan fingerprint density at radius 1 is 1.14 bits per heavy atom. The molecule has 2 aromatic heterocycles. The smallest absolute Gasteiger partial charge is 0.409 e. The van der Waals surface area contributed by atoms with Gasteiger partial charge in [-0.15, -0.1) is 0 Å². The van der Waals surface area contributed by atoms with Crippen LogP contribution in [0.15, 0.2) is 29.1 Å². The normalized spacial score (nSPS) is 19.4. The van der Waals surface area contributed by atoms with Gasteiger partial charge in [0.05, 0.1) is 29.0 Å². The maximum absolute atomic E-state index is 13.8. The number of alkyl carbamates (subject to hydrolysis) is 1. The molecule has 3 aliphatic rings. The van der Waals surface area contributed by atoms with Crippen LogP contribution in [0.25, 0.3) is 22.3 Å². The number of hydrogen-bond acceptors (Lipinski definition) is 9. The quantitative estimate of drug-likeness (QED) is 0.258. The summed E-state index contributed by atoms with van der Waals surface area (Å²) in [6, 6.07) is 6.65. The summed E-state index contributed by atoms with van der Waals surface area (Å²) in [5.74, 6) is -1.25. The van der Waals surface area contributed by atoms with Crippen molar-refractivity contribution in [3.8, 4) is 17.1 Å². The number of fused-ring (bicyclic) bond motifs is 5. The molecule has 11 heteroatoms. The van der Waals surface area contributed by atoms with Crippen LogP contribution in [0.4, 0.5) is 4.79 Å². The highest BCUT2D eigenvalue weighted by molar-refractivity contribution is 5.90. The van der Waals surface area contributed by atoms with Gasteiger partial charge in [-0.1, -0.05) is 20.3 Å². The molecule has 2 aliphatic heterocycles. The Morgan fingerprint density at radius 3 is 2.67 bits per heavy atom. The third-order valence-corrected chi connectivity index (χ3v) is 8.60. The van der Waals surface area contributed by atoms with Gasteiger partial charge in [0.25, 0.3) is 5.56 Å². The number of carbonyl (C=O) groups is 3. The second kappa shape index (κ2) is 10.8. The molecule has 4 heterocycles. The molecule has 1 saturated carbocycles. The Hall–Kier alpha value is -4.41. The molecule has 0 saturated heterocycles. The molecule has 0 unspecified atom stereocenters. The minimum atomic E-state index is -1.89. The highest BCUT2D eigenvalue weighted by Gasteiger charge is 2.50. The number of phenolic OH excluding ortho intramolecular Hbond substituents is 1. The molecule has 1 aliphatic carbocycles. The molecule has 11 nitrogen and oxygen atoms in total. The number of esters is 2. The van der Waals surface area contributed by atoms with Crippen molar-refractivity contribution in [3.05, 3.63) is 56.9 Å². The maximum atomic E-state index is 13.8. The van der Waals surface area contributed by atoms with Crippen LogP contribution in [0.5, 0.6) is 5.75 Å². The van der Waals surface area contributed by atoms with Crippen molar-refractivity contribution in [2.24, 2.45) is 0 Å². The van der Waals surface area contributed by atoms with E-state index in [0.29, 0.717) is 23.3 Å². The van der Waals surface area contributed by atoms with E-state index >= 15 is 0 Å². The zero-order chi connectivity index (χ0) is 29.6. The van der Waals surface area contributed by atoms with Crippen LogP contribution in [0.1, 0.15) is 74.6 Å². The van der Waals surface area contributed by atoms with Crippen LogP contribution < -0.4 is 10.9 Å². The second-order valence-corrected chi connectivity index (χ2v) is 11.0. The van der Waals surface area contributed by atoms with Crippen molar-refractivity contribution < 1.29 is 33.7 Å². The van der Waals surface area contributed by atoms with Gasteiger partial charge in [-0.2, -0.15) is 0 Å². The molecule has 0 spiro atoms. The van der Waals surface area contributed by atoms with Crippen LogP contribution in [-0.2, 0) is 49.0 Å². The molecule has 2 N–H and O–H groups in total. The second-order valence-electron chi connectivity index (χ2n) is 11.0. The zero-order valence-electron chi connectivity index (χ0n) is 23.7. The molecule has 1 atom stereocenters. The number of phenols is 1. The highest BCUT2D eigenvalue weighted by Crippen LogP contribution is 2.42. The number of pyridine rings is 2. The van der Waals surface area contributed by atoms with Gasteiger partial charge in [-0.25, -0.2) is 14.6 Å². The van der Waals surface area contributed by atoms with Crippen molar-refractivity contribution in [1.29, 1.82) is 0 Å². The Bertz CT molecular complexity index is 1670. The van der Waals surface area contributed by atoms with Gasteiger partial charge in [0.15, 0.2) is 0 Å². The van der Waals surface area contributed by atoms with Gasteiger partial charge < -0.3 is 29.2 Å². The lowest BCUT2D eigenvalue weighted by atomic mass is 9.85. The van der Waals surface area contributed by atoms with E-state index in [4.69, 9.17) is 19.2 Å². The number of cyclic esters (lactones) is 1. The molecule has 0 bridgehead atoms. The lowest BCUT2D eigenvalue weighted by Gasteiger charge is -2.35. The number of rotatable bonds is 6. The van der Waals surface area contributed by atoms with Gasteiger partial charge in [0, 0.05) is 16.5 Å². The van der Waals surface area contributed by atoms with E-state index in [2.05, 4.69) is 5.32 Å². The van der Waals surface area contributed by atoms with Crippen LogP contribution in [0.2, 0.25) is 0 Å². The summed E-state index contributed by atoms with van der Waals surface area (Å²) >= 11 is 0. The Kier molecular flexibility index (Phi) is 7.12. The Labute approximate surface area is 241 Å². The highest BCUT2D eigenvalue weighted by atomic mass is 16.6. The van der Waals surface area contributed by atoms with Gasteiger partial charge in [-0.3, -0.25) is 9.59 Å². The van der Waals surface area contributed by atoms with Crippen LogP contribution in [-0.4, -0.2) is 45.3 Å². The summed E-state index contributed by atoms with van der Waals surface area (Å²) in [5.41, 5.74) is 1.82. The standard InChI is InChI=1S/C31H33N3O8/c1-3-19-20-12-17(35)10-11-24(20)33-27-21(19)15-34-25(27)13-23-22(28(34)37)16-40-29(38)31(23,4-2)42-30(39)32-14-26(36)41-18-8-6-5-7-9-18/h10-13,18,35H,3-9,14-16H2,1-2H3,(H,32,39)/t31-/m0/s1. The van der Waals surface area contributed by atoms with Crippen molar-refractivity contribution in [1.82, 2.24) is 14.9 Å². The number of carbonyl (C=O) groups excluding carboxylic acids is 3. The van der Waals surface area contributed by atoms with E-state index in [1.54, 1.807) is 35.8 Å². The van der Waals surface area contributed by atoms with Gasteiger partial charge in [0.1, 0.15) is 25.0 Å². The monoisotopic (exact) mass is 575 g/mol. The van der Waals surface area contributed by atoms with Gasteiger partial charge >= 0.3 is 18.0 Å². The molecule has 1 aromatic carbocycles. The summed E-state index contributed by atoms with van der Waals surface area (Å²) < 4.78 is 18.1. The van der Waals surface area contributed by atoms with E-state index in [1.165, 1.54) is 0 Å². The average molecular weight is 576 g/mol. The number of ether oxygens (including phenoxy) is 3. The number of amides is 1. The molecule has 42 heavy (non-hydrogen) atoms. The van der Waals surface area contributed by atoms with Gasteiger partial charge in [0.2, 0.25) is 5.60 Å². The topological polar surface area (TPSA) is 146 Å². The SMILES string of the molecule is CCc1c2c(nc3ccc(O)cc13)-c1cc3c(c(=O)n1C2)COC(=O)[C@@]3(CC)OC(=O)NCC(=O)OC1CCCCC1. The van der Waals surface area contributed by atoms with Crippen LogP contribution >= 0.6 is 0 Å². The largest absolute Gasteiger partial charge is 0.508 e. The summed E-state index contributed by atoms with van der Waals surface area (Å²) in [5, 5.41) is 13.3. The summed E-state index contributed by atoms with van der Waals surface area (Å²) in [4.78, 5) is 57.1. The van der Waals surface area contributed by atoms with Crippen LogP contribution in [0, 0.1) is 0 Å². The molecule has 3 aromatic rings. The predicted molar refractivity (Wildman–Crippen MR) is 151 cm³/mol. The van der Waals surface area contributed by atoms with Crippen molar-refractivity contribution in [3.63, 3.8) is 0 Å². The number of aromatic hydroxyl groups is 1. The Balaban J connectivity index is 1.33. The number of nitrogens with zero attached hydrogens (tertiary/aromatic N) is 2. The Morgan fingerprint density at radius 2 is 1.93 bits per heavy atom. The first-order valence-corrected chi connectivity index (χ1v) is 14.5. The predicted octanol–water partition coefficient (Wildman–Crippen LogP) is 3.96. The third-order valence-electron chi connectivity index (χ3n) is 8.60. The van der Waals surface area contributed by atoms with Crippen LogP contribution in [0.3, 0.4) is 0 Å². The minimum Gasteiger partial charge on any atom is -0.508 e. The average Bonchev–Trinajstić information content (AvgIpc) is 3.35. The first-order chi connectivity index (χ1) is 20.3. The zero-order valence-corrected chi connectivity index (χ0v) is 23.7. The lowest BCUT2D eigenvalue weighted by Crippen LogP contribution is -2.49. The summed E-state index contributed by atoms with van der Waals surface area (Å²) in [6.07, 6.45) is 4.20. The third kappa shape index (κ3) is 4.56. The molecule has 6 rings (SSSR count). The first kappa shape index (κ1) is 27.7. The molecule has 0 radical (unpaired) electrons. The number of hydrogen-bond donors (Lipinski definition) is 2. The maximum Gasteiger partial charge on any atom is 0.409 e. The minimum absolute atomic E-state index is 0.000833. The molecule has 1 amide bonds. The van der Waals surface area contributed by atoms with Gasteiger partial charge in [-0.05, 0) is 68.4 Å². The fraction of sp³-hybridized carbons (Fsp3) is 0.452. The fourth-order valence-corrected chi connectivity index (χ4v) is 6.46. The fourth-order valence-electron chi connectivity index (χ4n) is 6.46. The molecular formula is C31H33N3O8. The van der Waals surface area contributed by atoms with E-state index in [0.717, 1.165) is 48.6 Å². The van der Waals surface area contributed by atoms with E-state index in [1.807, 2.05) is 6.92 Å². The van der Waals surface area contributed by atoms with Crippen molar-refractivity contribution in [2.75, 3.05) is 6.54 Å². The van der Waals surface area contributed by atoms with E-state index in [9.17, 15) is 24.3 Å². The number of aryl methyl sites for hydroxylation is 1. The number of aromatic nitrogens is 2.